The average molecular weight is 331 g/mol. The molecular weight excluding hydrogens is 312 g/mol. The lowest BCUT2D eigenvalue weighted by Crippen LogP contribution is -2.25. The molecule has 0 saturated carbocycles. The molecule has 5 nitrogen and oxygen atoms in total. The van der Waals surface area contributed by atoms with Crippen molar-refractivity contribution in [2.75, 3.05) is 6.54 Å². The number of aryl methyl sites for hydroxylation is 2. The second-order valence-corrected chi connectivity index (χ2v) is 6.07. The highest BCUT2D eigenvalue weighted by Crippen LogP contribution is 2.17. The third-order valence-electron chi connectivity index (χ3n) is 4.00. The van der Waals surface area contributed by atoms with Gasteiger partial charge >= 0.3 is 0 Å². The molecule has 0 radical (unpaired) electrons. The maximum Gasteiger partial charge on any atom is 0.253 e. The Morgan fingerprint density at radius 1 is 1.39 bits per heavy atom. The molecule has 0 bridgehead atoms. The van der Waals surface area contributed by atoms with Crippen LogP contribution in [-0.2, 0) is 13.5 Å². The van der Waals surface area contributed by atoms with Crippen LogP contribution < -0.4 is 5.32 Å². The monoisotopic (exact) mass is 330 g/mol. The number of hydrogen-bond acceptors (Lipinski definition) is 2. The third-order valence-corrected chi connectivity index (χ3v) is 4.23. The fourth-order valence-electron chi connectivity index (χ4n) is 2.55. The number of benzene rings is 1. The van der Waals surface area contributed by atoms with Crippen LogP contribution in [0, 0.1) is 6.92 Å². The Balaban J connectivity index is 1.52. The minimum atomic E-state index is -0.0283. The van der Waals surface area contributed by atoms with E-state index in [1.807, 2.05) is 49.0 Å². The van der Waals surface area contributed by atoms with E-state index >= 15 is 0 Å². The number of imidazole rings is 1. The van der Waals surface area contributed by atoms with Gasteiger partial charge in [0.1, 0.15) is 5.82 Å². The van der Waals surface area contributed by atoms with Crippen molar-refractivity contribution in [2.45, 2.75) is 19.8 Å². The van der Waals surface area contributed by atoms with Crippen LogP contribution >= 0.6 is 11.6 Å². The van der Waals surface area contributed by atoms with E-state index in [1.54, 1.807) is 0 Å². The quantitative estimate of drug-likeness (QED) is 0.705. The van der Waals surface area contributed by atoms with E-state index in [4.69, 9.17) is 11.6 Å². The first kappa shape index (κ1) is 15.6. The Kier molecular flexibility index (Phi) is 4.39. The normalized spacial score (nSPS) is 11.1. The molecule has 0 atom stereocenters. The van der Waals surface area contributed by atoms with Gasteiger partial charge in [-0.1, -0.05) is 11.6 Å². The van der Waals surface area contributed by atoms with Crippen molar-refractivity contribution in [1.82, 2.24) is 19.9 Å². The summed E-state index contributed by atoms with van der Waals surface area (Å²) in [5.41, 5.74) is 3.55. The molecule has 0 saturated heterocycles. The van der Waals surface area contributed by atoms with E-state index in [2.05, 4.69) is 15.3 Å². The minimum absolute atomic E-state index is 0.0283. The predicted molar refractivity (Wildman–Crippen MR) is 91.9 cm³/mol. The van der Waals surface area contributed by atoms with Gasteiger partial charge < -0.3 is 14.9 Å². The van der Waals surface area contributed by atoms with E-state index in [0.717, 1.165) is 41.0 Å². The molecule has 0 aliphatic rings. The molecule has 2 heterocycles. The van der Waals surface area contributed by atoms with Crippen LogP contribution in [0.15, 0.2) is 30.5 Å². The zero-order valence-electron chi connectivity index (χ0n) is 13.2. The Labute approximate surface area is 139 Å². The van der Waals surface area contributed by atoms with E-state index in [9.17, 15) is 4.79 Å². The maximum atomic E-state index is 12.1. The molecule has 0 fully saturated rings. The number of nitrogens with one attached hydrogen (secondary N) is 2. The van der Waals surface area contributed by atoms with Gasteiger partial charge in [0.15, 0.2) is 0 Å². The molecular formula is C17H19ClN4O. The molecule has 0 unspecified atom stereocenters. The number of nitrogens with zero attached hydrogens (tertiary/aromatic N) is 2. The number of carbonyl (C=O) groups excluding carboxylic acids is 1. The predicted octanol–water partition coefficient (Wildman–Crippen LogP) is 3.23. The van der Waals surface area contributed by atoms with Crippen molar-refractivity contribution in [3.63, 3.8) is 0 Å². The highest BCUT2D eigenvalue weighted by molar-refractivity contribution is 6.31. The molecule has 3 aromatic rings. The first-order chi connectivity index (χ1) is 11.0. The van der Waals surface area contributed by atoms with Crippen molar-refractivity contribution in [3.8, 4) is 0 Å². The van der Waals surface area contributed by atoms with Crippen LogP contribution in [0.25, 0.3) is 11.0 Å². The molecule has 0 aliphatic heterocycles. The maximum absolute atomic E-state index is 12.1. The summed E-state index contributed by atoms with van der Waals surface area (Å²) in [6, 6.07) is 7.44. The van der Waals surface area contributed by atoms with Crippen molar-refractivity contribution in [1.29, 1.82) is 0 Å². The first-order valence-electron chi connectivity index (χ1n) is 7.59. The van der Waals surface area contributed by atoms with Gasteiger partial charge in [-0.3, -0.25) is 4.79 Å². The topological polar surface area (TPSA) is 62.7 Å². The standard InChI is InChI=1S/C17H19ClN4O/c1-11-13(7-9-22(11)2)17(23)19-8-3-4-16-20-14-6-5-12(18)10-15(14)21-16/h5-7,9-10H,3-4,8H2,1-2H3,(H,19,23)(H,20,21). The van der Waals surface area contributed by atoms with Crippen LogP contribution in [0.3, 0.4) is 0 Å². The van der Waals surface area contributed by atoms with Crippen molar-refractivity contribution in [2.24, 2.45) is 7.05 Å². The number of H-pyrrole nitrogens is 1. The lowest BCUT2D eigenvalue weighted by Gasteiger charge is -2.05. The molecule has 120 valence electrons. The highest BCUT2D eigenvalue weighted by atomic mass is 35.5. The zero-order chi connectivity index (χ0) is 16.4. The number of amides is 1. The van der Waals surface area contributed by atoms with Gasteiger partial charge in [-0.15, -0.1) is 0 Å². The molecule has 6 heteroatoms. The van der Waals surface area contributed by atoms with Gasteiger partial charge in [0.2, 0.25) is 0 Å². The number of hydrogen-bond donors (Lipinski definition) is 2. The van der Waals surface area contributed by atoms with Gasteiger partial charge in [-0.2, -0.15) is 0 Å². The smallest absolute Gasteiger partial charge is 0.253 e. The Bertz CT molecular complexity index is 850. The number of aromatic amines is 1. The molecule has 0 spiro atoms. The van der Waals surface area contributed by atoms with Crippen molar-refractivity contribution in [3.05, 3.63) is 52.6 Å². The second kappa shape index (κ2) is 6.46. The van der Waals surface area contributed by atoms with E-state index in [1.165, 1.54) is 0 Å². The zero-order valence-corrected chi connectivity index (χ0v) is 13.9. The number of rotatable bonds is 5. The molecule has 2 N–H and O–H groups in total. The largest absolute Gasteiger partial charge is 0.354 e. The van der Waals surface area contributed by atoms with Gasteiger partial charge in [0.25, 0.3) is 5.91 Å². The molecule has 1 aromatic carbocycles. The molecule has 2 aromatic heterocycles. The Morgan fingerprint density at radius 2 is 2.22 bits per heavy atom. The fraction of sp³-hybridized carbons (Fsp3) is 0.294. The van der Waals surface area contributed by atoms with Gasteiger partial charge in [-0.25, -0.2) is 4.98 Å². The average Bonchev–Trinajstić information content (AvgIpc) is 3.07. The number of carbonyl (C=O) groups is 1. The van der Waals surface area contributed by atoms with Crippen LogP contribution in [0.4, 0.5) is 0 Å². The van der Waals surface area contributed by atoms with Crippen LogP contribution in [0.1, 0.15) is 28.3 Å². The van der Waals surface area contributed by atoms with Crippen LogP contribution in [0.2, 0.25) is 5.02 Å². The number of aromatic nitrogens is 3. The van der Waals surface area contributed by atoms with E-state index in [-0.39, 0.29) is 5.91 Å². The summed E-state index contributed by atoms with van der Waals surface area (Å²) < 4.78 is 1.94. The molecule has 1 amide bonds. The van der Waals surface area contributed by atoms with Gasteiger partial charge in [0, 0.05) is 36.9 Å². The second-order valence-electron chi connectivity index (χ2n) is 5.63. The van der Waals surface area contributed by atoms with Crippen molar-refractivity contribution < 1.29 is 4.79 Å². The molecule has 3 rings (SSSR count). The fourth-order valence-corrected chi connectivity index (χ4v) is 2.73. The lowest BCUT2D eigenvalue weighted by atomic mass is 10.2. The highest BCUT2D eigenvalue weighted by Gasteiger charge is 2.10. The first-order valence-corrected chi connectivity index (χ1v) is 7.96. The summed E-state index contributed by atoms with van der Waals surface area (Å²) in [6.45, 7) is 2.55. The van der Waals surface area contributed by atoms with Gasteiger partial charge in [0.05, 0.1) is 16.6 Å². The van der Waals surface area contributed by atoms with Crippen molar-refractivity contribution >= 4 is 28.5 Å². The van der Waals surface area contributed by atoms with Crippen LogP contribution in [-0.4, -0.2) is 27.0 Å². The molecule has 0 aliphatic carbocycles. The molecule has 23 heavy (non-hydrogen) atoms. The summed E-state index contributed by atoms with van der Waals surface area (Å²) in [6.07, 6.45) is 3.50. The Hall–Kier alpha value is -2.27. The SMILES string of the molecule is Cc1c(C(=O)NCCCc2nc3ccc(Cl)cc3[nH]2)ccn1C. The summed E-state index contributed by atoms with van der Waals surface area (Å²) in [5, 5.41) is 3.64. The van der Waals surface area contributed by atoms with Crippen LogP contribution in [0.5, 0.6) is 0 Å². The lowest BCUT2D eigenvalue weighted by molar-refractivity contribution is 0.0952. The van der Waals surface area contributed by atoms with E-state index in [0.29, 0.717) is 11.6 Å². The summed E-state index contributed by atoms with van der Waals surface area (Å²) in [7, 11) is 1.93. The van der Waals surface area contributed by atoms with Gasteiger partial charge in [-0.05, 0) is 37.6 Å². The third kappa shape index (κ3) is 3.40. The number of fused-ring (bicyclic) bond motifs is 1. The van der Waals surface area contributed by atoms with E-state index < -0.39 is 0 Å². The Morgan fingerprint density at radius 3 is 2.96 bits per heavy atom. The minimum Gasteiger partial charge on any atom is -0.354 e. The summed E-state index contributed by atoms with van der Waals surface area (Å²) in [5.74, 6) is 0.881. The summed E-state index contributed by atoms with van der Waals surface area (Å²) >= 11 is 5.97. The summed E-state index contributed by atoms with van der Waals surface area (Å²) in [4.78, 5) is 19.9. The number of halogens is 1.